The molecule has 4 heteroatoms. The third-order valence-corrected chi connectivity index (χ3v) is 5.03. The lowest BCUT2D eigenvalue weighted by atomic mass is 10.1. The van der Waals surface area contributed by atoms with Gasteiger partial charge in [-0.3, -0.25) is 4.79 Å². The fraction of sp³-hybridized carbons (Fsp3) is 0.192. The van der Waals surface area contributed by atoms with E-state index in [1.165, 1.54) is 16.5 Å². The van der Waals surface area contributed by atoms with Crippen LogP contribution in [-0.4, -0.2) is 17.0 Å². The molecule has 0 aliphatic carbocycles. The zero-order chi connectivity index (χ0) is 21.1. The van der Waals surface area contributed by atoms with E-state index in [9.17, 15) is 4.79 Å². The van der Waals surface area contributed by atoms with Gasteiger partial charge in [-0.05, 0) is 61.7 Å². The van der Waals surface area contributed by atoms with Gasteiger partial charge in [-0.2, -0.15) is 0 Å². The van der Waals surface area contributed by atoms with Gasteiger partial charge in [0.15, 0.2) is 0 Å². The van der Waals surface area contributed by atoms with Crippen molar-refractivity contribution >= 4 is 39.5 Å². The molecular formula is C26H26N2O2. The molecule has 152 valence electrons. The number of anilines is 1. The summed E-state index contributed by atoms with van der Waals surface area (Å²) in [6.45, 7) is 6.13. The van der Waals surface area contributed by atoms with Gasteiger partial charge < -0.3 is 15.0 Å². The molecule has 4 aromatic rings. The number of ether oxygens (including phenoxy) is 1. The molecule has 0 unspecified atom stereocenters. The molecule has 1 amide bonds. The first-order valence-corrected chi connectivity index (χ1v) is 10.3. The number of fused-ring (bicyclic) bond motifs is 3. The van der Waals surface area contributed by atoms with Gasteiger partial charge in [0.25, 0.3) is 0 Å². The van der Waals surface area contributed by atoms with E-state index >= 15 is 0 Å². The van der Waals surface area contributed by atoms with Crippen molar-refractivity contribution < 1.29 is 9.53 Å². The standard InChI is InChI=1S/C26H26N2O2/c1-4-19-8-6-10-23-22-13-12-20(16-24(22)28-26(19)23)27-25(29)14-11-18-7-5-9-21(15-18)30-17(2)3/h5-17,28H,4H2,1-3H3,(H,27,29)/b14-11+. The monoisotopic (exact) mass is 398 g/mol. The molecule has 0 fully saturated rings. The highest BCUT2D eigenvalue weighted by Crippen LogP contribution is 2.29. The summed E-state index contributed by atoms with van der Waals surface area (Å²) in [5.74, 6) is 0.623. The Balaban J connectivity index is 1.52. The summed E-state index contributed by atoms with van der Waals surface area (Å²) in [7, 11) is 0. The minimum absolute atomic E-state index is 0.112. The Morgan fingerprint density at radius 1 is 1.07 bits per heavy atom. The molecule has 30 heavy (non-hydrogen) atoms. The second kappa shape index (κ2) is 8.46. The van der Waals surface area contributed by atoms with E-state index < -0.39 is 0 Å². The van der Waals surface area contributed by atoms with E-state index in [4.69, 9.17) is 4.74 Å². The van der Waals surface area contributed by atoms with Crippen LogP contribution in [0.5, 0.6) is 5.75 Å². The molecule has 0 atom stereocenters. The number of nitrogens with one attached hydrogen (secondary N) is 2. The molecule has 0 aliphatic heterocycles. The lowest BCUT2D eigenvalue weighted by Gasteiger charge is -2.09. The Bertz CT molecular complexity index is 1230. The van der Waals surface area contributed by atoms with E-state index in [0.29, 0.717) is 0 Å². The van der Waals surface area contributed by atoms with Crippen LogP contribution in [0, 0.1) is 0 Å². The summed E-state index contributed by atoms with van der Waals surface area (Å²) >= 11 is 0. The molecule has 1 heterocycles. The summed E-state index contributed by atoms with van der Waals surface area (Å²) in [6, 6.07) is 20.0. The molecule has 0 spiro atoms. The van der Waals surface area contributed by atoms with Gasteiger partial charge in [-0.15, -0.1) is 0 Å². The van der Waals surface area contributed by atoms with Gasteiger partial charge in [0.1, 0.15) is 5.75 Å². The highest BCUT2D eigenvalue weighted by atomic mass is 16.5. The van der Waals surface area contributed by atoms with Gasteiger partial charge in [0.2, 0.25) is 5.91 Å². The Morgan fingerprint density at radius 3 is 2.70 bits per heavy atom. The molecule has 0 radical (unpaired) electrons. The van der Waals surface area contributed by atoms with Crippen molar-refractivity contribution in [2.75, 3.05) is 5.32 Å². The smallest absolute Gasteiger partial charge is 0.248 e. The van der Waals surface area contributed by atoms with Crippen LogP contribution in [0.1, 0.15) is 31.9 Å². The SMILES string of the molecule is CCc1cccc2c1[nH]c1cc(NC(=O)/C=C/c3cccc(OC(C)C)c3)ccc12. The van der Waals surface area contributed by atoms with Crippen molar-refractivity contribution in [3.05, 3.63) is 77.9 Å². The minimum Gasteiger partial charge on any atom is -0.491 e. The third-order valence-electron chi connectivity index (χ3n) is 5.03. The molecule has 0 saturated heterocycles. The van der Waals surface area contributed by atoms with E-state index in [0.717, 1.165) is 34.3 Å². The summed E-state index contributed by atoms with van der Waals surface area (Å²) in [6.07, 6.45) is 4.42. The zero-order valence-corrected chi connectivity index (χ0v) is 17.5. The highest BCUT2D eigenvalue weighted by molar-refractivity contribution is 6.10. The van der Waals surface area contributed by atoms with Gasteiger partial charge >= 0.3 is 0 Å². The minimum atomic E-state index is -0.171. The summed E-state index contributed by atoms with van der Waals surface area (Å²) < 4.78 is 5.70. The number of rotatable bonds is 6. The first-order valence-electron chi connectivity index (χ1n) is 10.3. The average molecular weight is 399 g/mol. The summed E-state index contributed by atoms with van der Waals surface area (Å²) in [4.78, 5) is 15.9. The van der Waals surface area contributed by atoms with E-state index in [1.54, 1.807) is 12.2 Å². The van der Waals surface area contributed by atoms with Gasteiger partial charge in [-0.1, -0.05) is 43.3 Å². The Labute approximate surface area is 176 Å². The van der Waals surface area contributed by atoms with Crippen LogP contribution in [0.15, 0.2) is 66.7 Å². The number of aromatic amines is 1. The number of carbonyl (C=O) groups is 1. The first-order chi connectivity index (χ1) is 14.5. The second-order valence-corrected chi connectivity index (χ2v) is 7.64. The number of aromatic nitrogens is 1. The number of carbonyl (C=O) groups excluding carboxylic acids is 1. The van der Waals surface area contributed by atoms with Crippen LogP contribution in [0.2, 0.25) is 0 Å². The van der Waals surface area contributed by atoms with Crippen LogP contribution >= 0.6 is 0 Å². The molecule has 1 aromatic heterocycles. The predicted molar refractivity (Wildman–Crippen MR) is 125 cm³/mol. The number of aryl methyl sites for hydroxylation is 1. The maximum atomic E-state index is 12.4. The Kier molecular flexibility index (Phi) is 5.57. The van der Waals surface area contributed by atoms with Crippen molar-refractivity contribution in [2.24, 2.45) is 0 Å². The molecular weight excluding hydrogens is 372 g/mol. The average Bonchev–Trinajstić information content (AvgIpc) is 3.10. The normalized spacial score (nSPS) is 11.6. The number of hydrogen-bond donors (Lipinski definition) is 2. The molecule has 3 aromatic carbocycles. The maximum Gasteiger partial charge on any atom is 0.248 e. The summed E-state index contributed by atoms with van der Waals surface area (Å²) in [5.41, 5.74) is 5.16. The lowest BCUT2D eigenvalue weighted by molar-refractivity contribution is -0.111. The fourth-order valence-corrected chi connectivity index (χ4v) is 3.68. The predicted octanol–water partition coefficient (Wildman–Crippen LogP) is 6.32. The second-order valence-electron chi connectivity index (χ2n) is 7.64. The molecule has 0 saturated carbocycles. The van der Waals surface area contributed by atoms with Crippen LogP contribution < -0.4 is 10.1 Å². The fourth-order valence-electron chi connectivity index (χ4n) is 3.68. The molecule has 0 bridgehead atoms. The Hall–Kier alpha value is -3.53. The summed E-state index contributed by atoms with van der Waals surface area (Å²) in [5, 5.41) is 5.32. The van der Waals surface area contributed by atoms with Gasteiger partial charge in [0, 0.05) is 33.6 Å². The van der Waals surface area contributed by atoms with Crippen molar-refractivity contribution in [1.29, 1.82) is 0 Å². The first kappa shape index (κ1) is 19.8. The van der Waals surface area contributed by atoms with E-state index in [-0.39, 0.29) is 12.0 Å². The van der Waals surface area contributed by atoms with Crippen molar-refractivity contribution in [3.63, 3.8) is 0 Å². The number of hydrogen-bond acceptors (Lipinski definition) is 2. The van der Waals surface area contributed by atoms with Crippen LogP contribution in [-0.2, 0) is 11.2 Å². The van der Waals surface area contributed by atoms with Crippen LogP contribution in [0.3, 0.4) is 0 Å². The van der Waals surface area contributed by atoms with Crippen molar-refractivity contribution in [1.82, 2.24) is 4.98 Å². The molecule has 4 rings (SSSR count). The number of benzene rings is 3. The van der Waals surface area contributed by atoms with E-state index in [2.05, 4.69) is 41.5 Å². The third kappa shape index (κ3) is 4.23. The molecule has 4 nitrogen and oxygen atoms in total. The molecule has 2 N–H and O–H groups in total. The zero-order valence-electron chi connectivity index (χ0n) is 17.5. The van der Waals surface area contributed by atoms with Crippen molar-refractivity contribution in [2.45, 2.75) is 33.3 Å². The van der Waals surface area contributed by atoms with Crippen molar-refractivity contribution in [3.8, 4) is 5.75 Å². The van der Waals surface area contributed by atoms with Gasteiger partial charge in [-0.25, -0.2) is 0 Å². The largest absolute Gasteiger partial charge is 0.491 e. The van der Waals surface area contributed by atoms with Crippen LogP contribution in [0.4, 0.5) is 5.69 Å². The number of amides is 1. The number of H-pyrrole nitrogens is 1. The highest BCUT2D eigenvalue weighted by Gasteiger charge is 2.08. The lowest BCUT2D eigenvalue weighted by Crippen LogP contribution is -2.07. The maximum absolute atomic E-state index is 12.4. The number of para-hydroxylation sites is 1. The topological polar surface area (TPSA) is 54.1 Å². The van der Waals surface area contributed by atoms with E-state index in [1.807, 2.05) is 50.2 Å². The Morgan fingerprint density at radius 2 is 1.90 bits per heavy atom. The quantitative estimate of drug-likeness (QED) is 0.373. The van der Waals surface area contributed by atoms with Crippen LogP contribution in [0.25, 0.3) is 27.9 Å². The van der Waals surface area contributed by atoms with Gasteiger partial charge in [0.05, 0.1) is 6.10 Å². The molecule has 0 aliphatic rings.